The fourth-order valence-electron chi connectivity index (χ4n) is 3.45. The molecule has 136 valence electrons. The van der Waals surface area contributed by atoms with Gasteiger partial charge in [0.15, 0.2) is 5.13 Å². The number of imidazole rings is 1. The number of nitrogens with one attached hydrogen (secondary N) is 1. The molecule has 1 aliphatic heterocycles. The van der Waals surface area contributed by atoms with E-state index < -0.39 is 0 Å². The highest BCUT2D eigenvalue weighted by atomic mass is 32.1. The third kappa shape index (κ3) is 3.78. The standard InChI is InChI=1S/C19H23N5OS/c1-13-5-7-24-11-16(21-17(24)8-13)18(25)22-19-20-15(12-26-19)10-23-6-3-4-14(2)9-23/h5,7-8,11-12,14H,3-4,6,9-10H2,1-2H3,(H,20,22,25)/t14-/m1/s1. The first-order valence-corrected chi connectivity index (χ1v) is 9.88. The van der Waals surface area contributed by atoms with Crippen molar-refractivity contribution in [3.63, 3.8) is 0 Å². The van der Waals surface area contributed by atoms with E-state index in [2.05, 4.69) is 27.1 Å². The predicted octanol–water partition coefficient (Wildman–Crippen LogP) is 3.58. The van der Waals surface area contributed by atoms with Crippen LogP contribution in [0, 0.1) is 12.8 Å². The van der Waals surface area contributed by atoms with Crippen molar-refractivity contribution in [2.24, 2.45) is 5.92 Å². The minimum Gasteiger partial charge on any atom is -0.306 e. The van der Waals surface area contributed by atoms with Gasteiger partial charge < -0.3 is 4.40 Å². The van der Waals surface area contributed by atoms with E-state index in [0.717, 1.165) is 42.5 Å². The van der Waals surface area contributed by atoms with Crippen LogP contribution < -0.4 is 5.32 Å². The van der Waals surface area contributed by atoms with E-state index in [-0.39, 0.29) is 5.91 Å². The van der Waals surface area contributed by atoms with Crippen LogP contribution in [0.1, 0.15) is 41.5 Å². The molecule has 0 aliphatic carbocycles. The first-order chi connectivity index (χ1) is 12.6. The maximum Gasteiger partial charge on any atom is 0.277 e. The Kier molecular flexibility index (Phi) is 4.74. The molecule has 6 nitrogen and oxygen atoms in total. The van der Waals surface area contributed by atoms with Gasteiger partial charge in [-0.3, -0.25) is 15.0 Å². The minimum atomic E-state index is -0.223. The third-order valence-electron chi connectivity index (χ3n) is 4.75. The summed E-state index contributed by atoms with van der Waals surface area (Å²) in [7, 11) is 0. The molecule has 0 saturated carbocycles. The zero-order valence-corrected chi connectivity index (χ0v) is 15.9. The Morgan fingerprint density at radius 1 is 1.42 bits per heavy atom. The Bertz CT molecular complexity index is 931. The molecule has 1 aliphatic rings. The number of nitrogens with zero attached hydrogens (tertiary/aromatic N) is 4. The van der Waals surface area contributed by atoms with Gasteiger partial charge in [0.1, 0.15) is 11.3 Å². The highest BCUT2D eigenvalue weighted by molar-refractivity contribution is 7.13. The van der Waals surface area contributed by atoms with Crippen LogP contribution in [0.25, 0.3) is 5.65 Å². The Morgan fingerprint density at radius 3 is 3.15 bits per heavy atom. The zero-order chi connectivity index (χ0) is 18.1. The van der Waals surface area contributed by atoms with Crippen LogP contribution in [0.15, 0.2) is 29.9 Å². The van der Waals surface area contributed by atoms with E-state index in [1.807, 2.05) is 35.0 Å². The molecule has 7 heteroatoms. The first-order valence-electron chi connectivity index (χ1n) is 9.00. The van der Waals surface area contributed by atoms with Crippen molar-refractivity contribution in [1.29, 1.82) is 0 Å². The summed E-state index contributed by atoms with van der Waals surface area (Å²) in [6.45, 7) is 7.41. The van der Waals surface area contributed by atoms with Crippen LogP contribution in [-0.4, -0.2) is 38.3 Å². The fraction of sp³-hybridized carbons (Fsp3) is 0.421. The first kappa shape index (κ1) is 17.2. The van der Waals surface area contributed by atoms with Crippen molar-refractivity contribution < 1.29 is 4.79 Å². The molecule has 1 N–H and O–H groups in total. The largest absolute Gasteiger partial charge is 0.306 e. The number of aryl methyl sites for hydroxylation is 1. The Balaban J connectivity index is 1.42. The van der Waals surface area contributed by atoms with E-state index in [1.165, 1.54) is 24.2 Å². The molecule has 0 bridgehead atoms. The molecule has 4 rings (SSSR count). The van der Waals surface area contributed by atoms with Crippen molar-refractivity contribution in [1.82, 2.24) is 19.3 Å². The number of hydrogen-bond acceptors (Lipinski definition) is 5. The number of hydrogen-bond donors (Lipinski definition) is 1. The zero-order valence-electron chi connectivity index (χ0n) is 15.1. The van der Waals surface area contributed by atoms with Crippen LogP contribution in [0.3, 0.4) is 0 Å². The average molecular weight is 369 g/mol. The lowest BCUT2D eigenvalue weighted by Crippen LogP contribution is -2.33. The van der Waals surface area contributed by atoms with Gasteiger partial charge in [0.05, 0.1) is 5.69 Å². The highest BCUT2D eigenvalue weighted by Gasteiger charge is 2.18. The predicted molar refractivity (Wildman–Crippen MR) is 104 cm³/mol. The van der Waals surface area contributed by atoms with E-state index in [0.29, 0.717) is 10.8 Å². The van der Waals surface area contributed by atoms with Gasteiger partial charge in [0.25, 0.3) is 5.91 Å². The number of pyridine rings is 1. The van der Waals surface area contributed by atoms with Gasteiger partial charge in [0.2, 0.25) is 0 Å². The van der Waals surface area contributed by atoms with Crippen molar-refractivity contribution in [3.8, 4) is 0 Å². The van der Waals surface area contributed by atoms with E-state index in [9.17, 15) is 4.79 Å². The van der Waals surface area contributed by atoms with Crippen LogP contribution in [0.5, 0.6) is 0 Å². The summed E-state index contributed by atoms with van der Waals surface area (Å²) in [5, 5.41) is 5.53. The van der Waals surface area contributed by atoms with Gasteiger partial charge in [0, 0.05) is 30.9 Å². The number of carbonyl (C=O) groups is 1. The maximum atomic E-state index is 12.5. The molecule has 1 amide bonds. The lowest BCUT2D eigenvalue weighted by Gasteiger charge is -2.30. The van der Waals surface area contributed by atoms with Crippen LogP contribution in [0.4, 0.5) is 5.13 Å². The number of fused-ring (bicyclic) bond motifs is 1. The lowest BCUT2D eigenvalue weighted by molar-refractivity contribution is 0.102. The number of anilines is 1. The molecule has 0 radical (unpaired) electrons. The van der Waals surface area contributed by atoms with E-state index >= 15 is 0 Å². The second-order valence-corrected chi connectivity index (χ2v) is 8.03. The van der Waals surface area contributed by atoms with Gasteiger partial charge in [-0.1, -0.05) is 6.92 Å². The van der Waals surface area contributed by atoms with Gasteiger partial charge in [-0.25, -0.2) is 9.97 Å². The SMILES string of the molecule is Cc1ccn2cc(C(=O)Nc3nc(CN4CCC[C@@H](C)C4)cs3)nc2c1. The normalized spacial score (nSPS) is 18.3. The number of piperidine rings is 1. The number of aromatic nitrogens is 3. The summed E-state index contributed by atoms with van der Waals surface area (Å²) in [6.07, 6.45) is 6.22. The molecule has 1 saturated heterocycles. The summed E-state index contributed by atoms with van der Waals surface area (Å²) >= 11 is 1.47. The average Bonchev–Trinajstić information content (AvgIpc) is 3.21. The van der Waals surface area contributed by atoms with Crippen LogP contribution >= 0.6 is 11.3 Å². The van der Waals surface area contributed by atoms with Crippen molar-refractivity contribution in [3.05, 3.63) is 46.9 Å². The van der Waals surface area contributed by atoms with Gasteiger partial charge in [-0.05, 0) is 49.9 Å². The van der Waals surface area contributed by atoms with Crippen molar-refractivity contribution >= 4 is 28.0 Å². The molecule has 0 unspecified atom stereocenters. The molecule has 1 atom stereocenters. The van der Waals surface area contributed by atoms with Gasteiger partial charge >= 0.3 is 0 Å². The maximum absolute atomic E-state index is 12.5. The van der Waals surface area contributed by atoms with Crippen molar-refractivity contribution in [2.45, 2.75) is 33.2 Å². The van der Waals surface area contributed by atoms with Crippen LogP contribution in [0.2, 0.25) is 0 Å². The molecule has 0 aromatic carbocycles. The van der Waals surface area contributed by atoms with Crippen LogP contribution in [-0.2, 0) is 6.54 Å². The van der Waals surface area contributed by atoms with Gasteiger partial charge in [-0.15, -0.1) is 11.3 Å². The molecule has 0 spiro atoms. The Labute approximate surface area is 156 Å². The summed E-state index contributed by atoms with van der Waals surface area (Å²) in [6, 6.07) is 3.95. The minimum absolute atomic E-state index is 0.223. The summed E-state index contributed by atoms with van der Waals surface area (Å²) in [4.78, 5) is 23.9. The molecular formula is C19H23N5OS. The van der Waals surface area contributed by atoms with E-state index in [4.69, 9.17) is 0 Å². The van der Waals surface area contributed by atoms with Crippen molar-refractivity contribution in [2.75, 3.05) is 18.4 Å². The number of carbonyl (C=O) groups excluding carboxylic acids is 1. The second kappa shape index (κ2) is 7.17. The monoisotopic (exact) mass is 369 g/mol. The molecular weight excluding hydrogens is 346 g/mol. The molecule has 3 aromatic rings. The molecule has 3 aromatic heterocycles. The number of thiazole rings is 1. The summed E-state index contributed by atoms with van der Waals surface area (Å²) in [5.41, 5.74) is 3.31. The van der Waals surface area contributed by atoms with E-state index in [1.54, 1.807) is 6.20 Å². The molecule has 1 fully saturated rings. The smallest absolute Gasteiger partial charge is 0.277 e. The molecule has 26 heavy (non-hydrogen) atoms. The summed E-state index contributed by atoms with van der Waals surface area (Å²) < 4.78 is 1.85. The number of rotatable bonds is 4. The Hall–Kier alpha value is -2.25. The number of likely N-dealkylation sites (tertiary alicyclic amines) is 1. The second-order valence-electron chi connectivity index (χ2n) is 7.18. The van der Waals surface area contributed by atoms with Gasteiger partial charge in [-0.2, -0.15) is 0 Å². The quantitative estimate of drug-likeness (QED) is 0.763. The fourth-order valence-corrected chi connectivity index (χ4v) is 4.15. The summed E-state index contributed by atoms with van der Waals surface area (Å²) in [5.74, 6) is 0.527. The number of amides is 1. The Morgan fingerprint density at radius 2 is 2.31 bits per heavy atom. The lowest BCUT2D eigenvalue weighted by atomic mass is 10.0. The highest BCUT2D eigenvalue weighted by Crippen LogP contribution is 2.21. The topological polar surface area (TPSA) is 62.5 Å². The molecule has 4 heterocycles. The third-order valence-corrected chi connectivity index (χ3v) is 5.55.